The lowest BCUT2D eigenvalue weighted by Crippen LogP contribution is -2.20. The molecular weight excluding hydrogens is 492 g/mol. The van der Waals surface area contributed by atoms with Crippen molar-refractivity contribution in [2.45, 2.75) is 31.9 Å². The molecule has 6 nitrogen and oxygen atoms in total. The van der Waals surface area contributed by atoms with E-state index in [0.29, 0.717) is 16.5 Å². The first kappa shape index (κ1) is 23.5. The van der Waals surface area contributed by atoms with Crippen molar-refractivity contribution in [3.8, 4) is 16.9 Å². The Morgan fingerprint density at radius 3 is 2.77 bits per heavy atom. The molecule has 180 valence electrons. The minimum Gasteiger partial charge on any atom is -0.478 e. The van der Waals surface area contributed by atoms with Gasteiger partial charge in [0.05, 0.1) is 22.7 Å². The summed E-state index contributed by atoms with van der Waals surface area (Å²) in [6.45, 7) is 2.47. The number of nitrogens with zero attached hydrogens (tertiary/aromatic N) is 2. The van der Waals surface area contributed by atoms with E-state index >= 15 is 0 Å². The Morgan fingerprint density at radius 2 is 2.03 bits per heavy atom. The summed E-state index contributed by atoms with van der Waals surface area (Å²) in [6.07, 6.45) is 5.39. The van der Waals surface area contributed by atoms with Crippen LogP contribution in [0.3, 0.4) is 0 Å². The number of halogens is 3. The van der Waals surface area contributed by atoms with E-state index in [4.69, 9.17) is 38.1 Å². The van der Waals surface area contributed by atoms with Gasteiger partial charge in [-0.2, -0.15) is 0 Å². The Kier molecular flexibility index (Phi) is 6.30. The van der Waals surface area contributed by atoms with Crippen LogP contribution in [0.5, 0.6) is 5.75 Å². The molecule has 2 aromatic heterocycles. The molecule has 9 heteroatoms. The number of nitrogens with two attached hydrogens (primary N) is 1. The van der Waals surface area contributed by atoms with E-state index in [1.807, 2.05) is 29.2 Å². The van der Waals surface area contributed by atoms with Gasteiger partial charge in [-0.25, -0.2) is 9.37 Å². The lowest BCUT2D eigenvalue weighted by molar-refractivity contribution is -0.118. The van der Waals surface area contributed by atoms with Crippen molar-refractivity contribution in [3.05, 3.63) is 75.8 Å². The number of benzene rings is 2. The fourth-order valence-corrected chi connectivity index (χ4v) is 5.30. The molecule has 0 bridgehead atoms. The lowest BCUT2D eigenvalue weighted by Gasteiger charge is -2.20. The summed E-state index contributed by atoms with van der Waals surface area (Å²) >= 11 is 12.4. The van der Waals surface area contributed by atoms with Crippen LogP contribution < -0.4 is 10.5 Å². The average molecular weight is 514 g/mol. The van der Waals surface area contributed by atoms with E-state index in [9.17, 15) is 9.18 Å². The van der Waals surface area contributed by atoms with Crippen LogP contribution in [0.4, 0.5) is 10.2 Å². The monoisotopic (exact) mass is 513 g/mol. The van der Waals surface area contributed by atoms with Gasteiger partial charge < -0.3 is 19.8 Å². The maximum atomic E-state index is 14.0. The molecule has 0 aliphatic carbocycles. The van der Waals surface area contributed by atoms with Gasteiger partial charge >= 0.3 is 0 Å². The summed E-state index contributed by atoms with van der Waals surface area (Å²) in [4.78, 5) is 17.4. The Morgan fingerprint density at radius 1 is 1.26 bits per heavy atom. The summed E-state index contributed by atoms with van der Waals surface area (Å²) < 4.78 is 26.0. The van der Waals surface area contributed by atoms with E-state index in [1.165, 1.54) is 12.1 Å². The van der Waals surface area contributed by atoms with Crippen LogP contribution in [0, 0.1) is 5.82 Å². The zero-order valence-electron chi connectivity index (χ0n) is 18.8. The highest BCUT2D eigenvalue weighted by molar-refractivity contribution is 6.36. The number of hydrogen-bond acceptors (Lipinski definition) is 5. The number of furan rings is 1. The number of fused-ring (bicyclic) bond motifs is 1. The van der Waals surface area contributed by atoms with E-state index in [2.05, 4.69) is 4.98 Å². The molecule has 3 heterocycles. The maximum Gasteiger partial charge on any atom is 0.210 e. The molecule has 35 heavy (non-hydrogen) atoms. The van der Waals surface area contributed by atoms with Gasteiger partial charge in [-0.1, -0.05) is 47.5 Å². The summed E-state index contributed by atoms with van der Waals surface area (Å²) in [6, 6.07) is 10.8. The second-order valence-corrected chi connectivity index (χ2v) is 9.29. The lowest BCUT2D eigenvalue weighted by atomic mass is 9.99. The third-order valence-corrected chi connectivity index (χ3v) is 7.13. The molecule has 2 atom stereocenters. The number of amides is 1. The smallest absolute Gasteiger partial charge is 0.210 e. The highest BCUT2D eigenvalue weighted by atomic mass is 35.5. The van der Waals surface area contributed by atoms with Crippen molar-refractivity contribution in [1.29, 1.82) is 0 Å². The first-order chi connectivity index (χ1) is 16.9. The van der Waals surface area contributed by atoms with Gasteiger partial charge in [-0.15, -0.1) is 0 Å². The van der Waals surface area contributed by atoms with E-state index in [-0.39, 0.29) is 27.7 Å². The summed E-state index contributed by atoms with van der Waals surface area (Å²) in [5, 5.41) is 0.874. The van der Waals surface area contributed by atoms with Crippen molar-refractivity contribution in [2.75, 3.05) is 12.3 Å². The van der Waals surface area contributed by atoms with Gasteiger partial charge in [-0.3, -0.25) is 4.79 Å². The normalized spacial score (nSPS) is 16.6. The minimum absolute atomic E-state index is 0.104. The third-order valence-electron chi connectivity index (χ3n) is 6.42. The van der Waals surface area contributed by atoms with Crippen molar-refractivity contribution in [2.24, 2.45) is 0 Å². The summed E-state index contributed by atoms with van der Waals surface area (Å²) in [7, 11) is 0. The van der Waals surface area contributed by atoms with Gasteiger partial charge in [0, 0.05) is 28.9 Å². The number of anilines is 1. The number of rotatable bonds is 6. The van der Waals surface area contributed by atoms with Gasteiger partial charge in [0.1, 0.15) is 11.9 Å². The number of aromatic nitrogens is 1. The first-order valence-corrected chi connectivity index (χ1v) is 11.9. The molecule has 1 fully saturated rings. The molecule has 0 saturated carbocycles. The zero-order valence-corrected chi connectivity index (χ0v) is 20.3. The molecule has 5 rings (SSSR count). The van der Waals surface area contributed by atoms with Crippen LogP contribution in [-0.4, -0.2) is 22.8 Å². The highest BCUT2D eigenvalue weighted by Crippen LogP contribution is 2.42. The van der Waals surface area contributed by atoms with Crippen LogP contribution in [0.15, 0.2) is 53.3 Å². The largest absolute Gasteiger partial charge is 0.478 e. The Balaban J connectivity index is 1.48. The van der Waals surface area contributed by atoms with E-state index < -0.39 is 11.9 Å². The molecule has 1 amide bonds. The number of carbonyl (C=O) groups is 1. The molecule has 1 unspecified atom stereocenters. The molecule has 2 aromatic carbocycles. The van der Waals surface area contributed by atoms with Gasteiger partial charge in [-0.05, 0) is 43.0 Å². The third kappa shape index (κ3) is 4.19. The van der Waals surface area contributed by atoms with Crippen LogP contribution in [-0.2, 0) is 4.79 Å². The van der Waals surface area contributed by atoms with Gasteiger partial charge in [0.15, 0.2) is 11.4 Å². The predicted molar refractivity (Wildman–Crippen MR) is 134 cm³/mol. The standard InChI is InChI=1S/C26H22Cl2FN3O3/c1-14(22-19(27)8-9-20(29)23(22)28)35-25-24-17(11-31-26(25)30)18(12-34-24)15-4-6-16(7-5-15)21-3-2-10-32(21)13-33/h4-9,11-14,21H,2-3,10H2,1H3,(H2,30,31)/t14-,21?/m1/s1. The second kappa shape index (κ2) is 9.40. The molecule has 2 N–H and O–H groups in total. The number of pyridine rings is 1. The quantitative estimate of drug-likeness (QED) is 0.222. The predicted octanol–water partition coefficient (Wildman–Crippen LogP) is 6.96. The Labute approximate surface area is 211 Å². The molecule has 0 radical (unpaired) electrons. The maximum absolute atomic E-state index is 14.0. The van der Waals surface area contributed by atoms with Crippen LogP contribution in [0.2, 0.25) is 10.0 Å². The molecule has 1 saturated heterocycles. The number of hydrogen-bond donors (Lipinski definition) is 1. The Hall–Kier alpha value is -3.29. The SMILES string of the molecule is C[C@@H](Oc1c(N)ncc2c(-c3ccc(C4CCCN4C=O)cc3)coc12)c1c(Cl)ccc(F)c1Cl. The molecule has 0 spiro atoms. The van der Waals surface area contributed by atoms with Crippen molar-refractivity contribution in [3.63, 3.8) is 0 Å². The fourth-order valence-electron chi connectivity index (χ4n) is 4.63. The zero-order chi connectivity index (χ0) is 24.7. The molecular formula is C26H22Cl2FN3O3. The Bertz CT molecular complexity index is 1410. The van der Waals surface area contributed by atoms with Crippen molar-refractivity contribution in [1.82, 2.24) is 9.88 Å². The topological polar surface area (TPSA) is 81.6 Å². The number of likely N-dealkylation sites (tertiary alicyclic amines) is 1. The van der Waals surface area contributed by atoms with Crippen molar-refractivity contribution < 1.29 is 18.3 Å². The fraction of sp³-hybridized carbons (Fsp3) is 0.231. The van der Waals surface area contributed by atoms with E-state index in [0.717, 1.165) is 42.5 Å². The van der Waals surface area contributed by atoms with Gasteiger partial charge in [0.2, 0.25) is 12.2 Å². The van der Waals surface area contributed by atoms with E-state index in [1.54, 1.807) is 19.4 Å². The average Bonchev–Trinajstić information content (AvgIpc) is 3.51. The second-order valence-electron chi connectivity index (χ2n) is 8.50. The summed E-state index contributed by atoms with van der Waals surface area (Å²) in [5.74, 6) is -0.246. The minimum atomic E-state index is -0.722. The van der Waals surface area contributed by atoms with Crippen LogP contribution >= 0.6 is 23.2 Å². The molecule has 4 aromatic rings. The van der Waals surface area contributed by atoms with Crippen LogP contribution in [0.1, 0.15) is 43.0 Å². The van der Waals surface area contributed by atoms with Gasteiger partial charge in [0.25, 0.3) is 0 Å². The number of ether oxygens (including phenoxy) is 1. The van der Waals surface area contributed by atoms with Crippen LogP contribution in [0.25, 0.3) is 22.1 Å². The molecule has 1 aliphatic rings. The van der Waals surface area contributed by atoms with Crippen molar-refractivity contribution >= 4 is 46.4 Å². The highest BCUT2D eigenvalue weighted by Gasteiger charge is 2.25. The summed E-state index contributed by atoms with van der Waals surface area (Å²) in [5.41, 5.74) is 9.67. The first-order valence-electron chi connectivity index (χ1n) is 11.2. The number of nitrogen functional groups attached to an aromatic ring is 1. The number of carbonyl (C=O) groups excluding carboxylic acids is 1. The molecule has 1 aliphatic heterocycles.